The summed E-state index contributed by atoms with van der Waals surface area (Å²) in [5.74, 6) is 1.13. The van der Waals surface area contributed by atoms with Crippen LogP contribution in [0, 0.1) is 6.92 Å². The Labute approximate surface area is 140 Å². The molecule has 2 aromatic rings. The van der Waals surface area contributed by atoms with Crippen molar-refractivity contribution in [2.45, 2.75) is 33.3 Å². The third-order valence-electron chi connectivity index (χ3n) is 3.19. The Bertz CT molecular complexity index is 656. The summed E-state index contributed by atoms with van der Waals surface area (Å²) in [6.45, 7) is 6.50. The summed E-state index contributed by atoms with van der Waals surface area (Å²) in [5.41, 5.74) is 2.85. The van der Waals surface area contributed by atoms with Gasteiger partial charge in [-0.05, 0) is 48.2 Å². The molecule has 0 saturated heterocycles. The maximum Gasteiger partial charge on any atom is 0.137 e. The van der Waals surface area contributed by atoms with Gasteiger partial charge in [-0.1, -0.05) is 48.7 Å². The molecule has 0 aliphatic heterocycles. The van der Waals surface area contributed by atoms with Gasteiger partial charge in [0.25, 0.3) is 0 Å². The van der Waals surface area contributed by atoms with Gasteiger partial charge in [0.1, 0.15) is 22.7 Å². The predicted molar refractivity (Wildman–Crippen MR) is 88.9 cm³/mol. The summed E-state index contributed by atoms with van der Waals surface area (Å²) in [6.07, 6.45) is 0. The molecule has 0 amide bonds. The lowest BCUT2D eigenvalue weighted by atomic mass is 10.0. The Morgan fingerprint density at radius 2 is 1.86 bits per heavy atom. The molecule has 0 N–H and O–H groups in total. The van der Waals surface area contributed by atoms with Crippen molar-refractivity contribution in [3.05, 3.63) is 56.3 Å². The average molecular weight is 345 g/mol. The van der Waals surface area contributed by atoms with E-state index in [0.29, 0.717) is 22.8 Å². The van der Waals surface area contributed by atoms with E-state index >= 15 is 0 Å². The van der Waals surface area contributed by atoms with Gasteiger partial charge in [-0.2, -0.15) is 0 Å². The van der Waals surface area contributed by atoms with Gasteiger partial charge in [0.2, 0.25) is 0 Å². The van der Waals surface area contributed by atoms with Crippen molar-refractivity contribution in [1.29, 1.82) is 0 Å². The number of hydrogen-bond donors (Lipinski definition) is 0. The Morgan fingerprint density at radius 1 is 1.14 bits per heavy atom. The second-order valence-electron chi connectivity index (χ2n) is 5.17. The van der Waals surface area contributed by atoms with Gasteiger partial charge in [-0.3, -0.25) is 0 Å². The van der Waals surface area contributed by atoms with Crippen molar-refractivity contribution >= 4 is 34.8 Å². The third-order valence-corrected chi connectivity index (χ3v) is 4.06. The van der Waals surface area contributed by atoms with Crippen LogP contribution in [0.15, 0.2) is 24.3 Å². The Balaban J connectivity index is 2.21. The van der Waals surface area contributed by atoms with E-state index in [-0.39, 0.29) is 0 Å². The van der Waals surface area contributed by atoms with E-state index in [4.69, 9.17) is 39.5 Å². The highest BCUT2D eigenvalue weighted by Crippen LogP contribution is 2.32. The predicted octanol–water partition coefficient (Wildman–Crippen LogP) is 6.05. The first-order chi connectivity index (χ1) is 9.88. The minimum absolute atomic E-state index is 0.334. The molecular weight excluding hydrogens is 329 g/mol. The van der Waals surface area contributed by atoms with E-state index in [1.807, 2.05) is 25.1 Å². The topological polar surface area (TPSA) is 22.1 Å². The zero-order valence-electron chi connectivity index (χ0n) is 12.1. The van der Waals surface area contributed by atoms with Crippen LogP contribution in [0.2, 0.25) is 15.3 Å². The Hall–Kier alpha value is -0.960. The molecule has 0 saturated carbocycles. The fourth-order valence-electron chi connectivity index (χ4n) is 1.97. The Kier molecular flexibility index (Phi) is 5.37. The van der Waals surface area contributed by atoms with Crippen LogP contribution in [0.25, 0.3) is 0 Å². The molecule has 0 aliphatic rings. The van der Waals surface area contributed by atoms with Crippen molar-refractivity contribution in [2.24, 2.45) is 0 Å². The van der Waals surface area contributed by atoms with E-state index in [9.17, 15) is 0 Å². The molecule has 0 bridgehead atoms. The quantitative estimate of drug-likeness (QED) is 0.630. The SMILES string of the molecule is Cc1cc(Cl)c(C(C)C)cc1OCc1ccc(Cl)nc1Cl. The summed E-state index contributed by atoms with van der Waals surface area (Å²) < 4.78 is 5.86. The second kappa shape index (κ2) is 6.87. The average Bonchev–Trinajstić information content (AvgIpc) is 2.39. The summed E-state index contributed by atoms with van der Waals surface area (Å²) in [6, 6.07) is 7.42. The number of hydrogen-bond acceptors (Lipinski definition) is 2. The molecule has 1 aromatic heterocycles. The van der Waals surface area contributed by atoms with Crippen LogP contribution in [0.1, 0.15) is 36.5 Å². The first-order valence-electron chi connectivity index (χ1n) is 6.62. The van der Waals surface area contributed by atoms with Crippen molar-refractivity contribution in [3.8, 4) is 5.75 Å². The normalized spacial score (nSPS) is 11.0. The fourth-order valence-corrected chi connectivity index (χ4v) is 2.81. The van der Waals surface area contributed by atoms with Crippen LogP contribution in [0.4, 0.5) is 0 Å². The number of aryl methyl sites for hydroxylation is 1. The van der Waals surface area contributed by atoms with Gasteiger partial charge in [-0.25, -0.2) is 4.98 Å². The first kappa shape index (κ1) is 16.4. The molecule has 21 heavy (non-hydrogen) atoms. The first-order valence-corrected chi connectivity index (χ1v) is 7.75. The second-order valence-corrected chi connectivity index (χ2v) is 6.32. The molecule has 0 unspecified atom stereocenters. The standard InChI is InChI=1S/C16H16Cl3NO/c1-9(2)12-7-14(10(3)6-13(12)17)21-8-11-4-5-15(18)20-16(11)19/h4-7,9H,8H2,1-3H3. The number of aromatic nitrogens is 1. The zero-order chi connectivity index (χ0) is 15.6. The summed E-state index contributed by atoms with van der Waals surface area (Å²) >= 11 is 18.1. The maximum absolute atomic E-state index is 6.25. The zero-order valence-corrected chi connectivity index (χ0v) is 14.4. The van der Waals surface area contributed by atoms with Gasteiger partial charge < -0.3 is 4.74 Å². The number of nitrogens with zero attached hydrogens (tertiary/aromatic N) is 1. The highest BCUT2D eigenvalue weighted by Gasteiger charge is 2.11. The summed E-state index contributed by atoms with van der Waals surface area (Å²) in [7, 11) is 0. The van der Waals surface area contributed by atoms with Crippen LogP contribution >= 0.6 is 34.8 Å². The van der Waals surface area contributed by atoms with Gasteiger partial charge in [0.05, 0.1) is 0 Å². The van der Waals surface area contributed by atoms with E-state index in [2.05, 4.69) is 18.8 Å². The number of pyridine rings is 1. The van der Waals surface area contributed by atoms with Crippen LogP contribution in [0.3, 0.4) is 0 Å². The van der Waals surface area contributed by atoms with E-state index in [1.54, 1.807) is 6.07 Å². The molecular formula is C16H16Cl3NO. The summed E-state index contributed by atoms with van der Waals surface area (Å²) in [5, 5.41) is 1.49. The summed E-state index contributed by atoms with van der Waals surface area (Å²) in [4.78, 5) is 4.00. The van der Waals surface area contributed by atoms with E-state index < -0.39 is 0 Å². The fraction of sp³-hybridized carbons (Fsp3) is 0.312. The van der Waals surface area contributed by atoms with Crippen molar-refractivity contribution in [3.63, 3.8) is 0 Å². The number of rotatable bonds is 4. The molecule has 112 valence electrons. The van der Waals surface area contributed by atoms with Crippen LogP contribution in [0.5, 0.6) is 5.75 Å². The van der Waals surface area contributed by atoms with Crippen molar-refractivity contribution < 1.29 is 4.74 Å². The van der Waals surface area contributed by atoms with Crippen LogP contribution < -0.4 is 4.74 Å². The van der Waals surface area contributed by atoms with E-state index in [1.165, 1.54) is 0 Å². The lowest BCUT2D eigenvalue weighted by molar-refractivity contribution is 0.303. The van der Waals surface area contributed by atoms with Gasteiger partial charge in [-0.15, -0.1) is 0 Å². The van der Waals surface area contributed by atoms with Crippen LogP contribution in [-0.2, 0) is 6.61 Å². The van der Waals surface area contributed by atoms with Crippen molar-refractivity contribution in [1.82, 2.24) is 4.98 Å². The molecule has 0 fully saturated rings. The monoisotopic (exact) mass is 343 g/mol. The minimum Gasteiger partial charge on any atom is -0.489 e. The smallest absolute Gasteiger partial charge is 0.137 e. The van der Waals surface area contributed by atoms with Gasteiger partial charge >= 0.3 is 0 Å². The molecule has 5 heteroatoms. The lowest BCUT2D eigenvalue weighted by Gasteiger charge is -2.15. The highest BCUT2D eigenvalue weighted by atomic mass is 35.5. The van der Waals surface area contributed by atoms with Crippen molar-refractivity contribution in [2.75, 3.05) is 0 Å². The molecule has 2 nitrogen and oxygen atoms in total. The highest BCUT2D eigenvalue weighted by molar-refractivity contribution is 6.32. The number of halogens is 3. The number of ether oxygens (including phenoxy) is 1. The molecule has 0 spiro atoms. The molecule has 0 radical (unpaired) electrons. The van der Waals surface area contributed by atoms with Gasteiger partial charge in [0.15, 0.2) is 0 Å². The molecule has 0 aliphatic carbocycles. The molecule has 2 rings (SSSR count). The molecule has 1 aromatic carbocycles. The molecule has 0 atom stereocenters. The Morgan fingerprint density at radius 3 is 2.48 bits per heavy atom. The van der Waals surface area contributed by atoms with E-state index in [0.717, 1.165) is 27.5 Å². The lowest BCUT2D eigenvalue weighted by Crippen LogP contribution is -2.01. The maximum atomic E-state index is 6.25. The van der Waals surface area contributed by atoms with Gasteiger partial charge in [0, 0.05) is 10.6 Å². The van der Waals surface area contributed by atoms with Crippen LogP contribution in [-0.4, -0.2) is 4.98 Å². The largest absolute Gasteiger partial charge is 0.489 e. The number of benzene rings is 1. The third kappa shape index (κ3) is 4.03. The minimum atomic E-state index is 0.334. The molecule has 1 heterocycles.